The van der Waals surface area contributed by atoms with E-state index in [1.54, 1.807) is 18.2 Å². The lowest BCUT2D eigenvalue weighted by Crippen LogP contribution is -2.51. The van der Waals surface area contributed by atoms with Crippen molar-refractivity contribution >= 4 is 47.4 Å². The van der Waals surface area contributed by atoms with Crippen LogP contribution in [0.15, 0.2) is 32.1 Å². The number of rotatable bonds is 6. The van der Waals surface area contributed by atoms with E-state index in [1.165, 1.54) is 35.3 Å². The van der Waals surface area contributed by atoms with Gasteiger partial charge in [-0.05, 0) is 24.0 Å². The first-order valence-electron chi connectivity index (χ1n) is 7.46. The molecular formula is C16H15NO6S2. The number of furan rings is 1. The summed E-state index contributed by atoms with van der Waals surface area (Å²) in [4.78, 5) is 35.9. The first-order chi connectivity index (χ1) is 11.9. The molecule has 1 amide bonds. The van der Waals surface area contributed by atoms with E-state index in [0.29, 0.717) is 21.3 Å². The summed E-state index contributed by atoms with van der Waals surface area (Å²) < 4.78 is 11.0. The van der Waals surface area contributed by atoms with Crippen LogP contribution >= 0.6 is 23.5 Å². The highest BCUT2D eigenvalue weighted by atomic mass is 32.2. The quantitative estimate of drug-likeness (QED) is 0.456. The maximum Gasteiger partial charge on any atom is 0.354 e. The van der Waals surface area contributed by atoms with Gasteiger partial charge in [0.25, 0.3) is 5.91 Å². The van der Waals surface area contributed by atoms with Gasteiger partial charge in [-0.15, -0.1) is 11.8 Å². The Morgan fingerprint density at radius 2 is 2.24 bits per heavy atom. The van der Waals surface area contributed by atoms with E-state index in [1.807, 2.05) is 6.92 Å². The average Bonchev–Trinajstić information content (AvgIpc) is 3.13. The molecule has 1 fully saturated rings. The zero-order chi connectivity index (χ0) is 18.1. The number of hydrogen-bond donors (Lipinski definition) is 1. The molecule has 7 nitrogen and oxygen atoms in total. The second kappa shape index (κ2) is 7.01. The number of carboxylic acid groups (broad SMARTS) is 1. The Bertz CT molecular complexity index is 809. The molecule has 9 heteroatoms. The summed E-state index contributed by atoms with van der Waals surface area (Å²) in [6.07, 6.45) is 1.60. The number of ether oxygens (including phenoxy) is 1. The van der Waals surface area contributed by atoms with Crippen LogP contribution in [-0.2, 0) is 25.7 Å². The van der Waals surface area contributed by atoms with E-state index in [9.17, 15) is 19.5 Å². The zero-order valence-corrected chi connectivity index (χ0v) is 15.1. The predicted octanol–water partition coefficient (Wildman–Crippen LogP) is 2.65. The second-order valence-corrected chi connectivity index (χ2v) is 7.83. The molecule has 1 N–H and O–H groups in total. The van der Waals surface area contributed by atoms with Gasteiger partial charge in [0.1, 0.15) is 23.5 Å². The SMILES string of the molecule is CCSC1=C(C(=O)O)N2C(=O)/C(=C/c3ccc(COC(C)=O)o3)[C@H]2S1. The Morgan fingerprint density at radius 1 is 1.48 bits per heavy atom. The number of thioether (sulfide) groups is 2. The lowest BCUT2D eigenvalue weighted by atomic mass is 10.0. The summed E-state index contributed by atoms with van der Waals surface area (Å²) >= 11 is 2.78. The number of carbonyl (C=O) groups excluding carboxylic acids is 2. The fourth-order valence-electron chi connectivity index (χ4n) is 2.45. The number of carbonyl (C=O) groups is 3. The van der Waals surface area contributed by atoms with Crippen molar-refractivity contribution in [2.75, 3.05) is 5.75 Å². The van der Waals surface area contributed by atoms with Gasteiger partial charge in [0, 0.05) is 6.92 Å². The van der Waals surface area contributed by atoms with Crippen LogP contribution in [0.3, 0.4) is 0 Å². The third-order valence-electron chi connectivity index (χ3n) is 3.50. The molecule has 0 unspecified atom stereocenters. The van der Waals surface area contributed by atoms with Crippen LogP contribution in [0, 0.1) is 0 Å². The van der Waals surface area contributed by atoms with Crippen molar-refractivity contribution in [3.8, 4) is 0 Å². The molecule has 0 aromatic carbocycles. The maximum atomic E-state index is 12.4. The lowest BCUT2D eigenvalue weighted by Gasteiger charge is -2.36. The van der Waals surface area contributed by atoms with Gasteiger partial charge < -0.3 is 14.3 Å². The van der Waals surface area contributed by atoms with Crippen LogP contribution in [0.4, 0.5) is 0 Å². The molecule has 0 spiro atoms. The van der Waals surface area contributed by atoms with Crippen molar-refractivity contribution in [2.24, 2.45) is 0 Å². The zero-order valence-electron chi connectivity index (χ0n) is 13.5. The van der Waals surface area contributed by atoms with Crippen molar-refractivity contribution in [3.63, 3.8) is 0 Å². The van der Waals surface area contributed by atoms with E-state index in [0.717, 1.165) is 5.75 Å². The molecule has 25 heavy (non-hydrogen) atoms. The monoisotopic (exact) mass is 381 g/mol. The van der Waals surface area contributed by atoms with Crippen molar-refractivity contribution in [1.82, 2.24) is 4.90 Å². The molecule has 0 radical (unpaired) electrons. The number of aliphatic carboxylic acids is 1. The third-order valence-corrected chi connectivity index (χ3v) is 5.98. The summed E-state index contributed by atoms with van der Waals surface area (Å²) in [5.74, 6) is -0.184. The highest BCUT2D eigenvalue weighted by Gasteiger charge is 2.52. The highest BCUT2D eigenvalue weighted by molar-refractivity contribution is 8.22. The Hall–Kier alpha value is -2.13. The standard InChI is InChI=1S/C16H15NO6S2/c1-3-24-16-12(15(20)21)17-13(19)11(14(17)25-16)6-9-4-5-10(23-9)7-22-8(2)18/h4-6,14H,3,7H2,1-2H3,(H,20,21)/b11-6-/t14-/m1/s1. The molecule has 1 aromatic heterocycles. The summed E-state index contributed by atoms with van der Waals surface area (Å²) in [6, 6.07) is 3.34. The van der Waals surface area contributed by atoms with Crippen LogP contribution in [0.2, 0.25) is 0 Å². The summed E-state index contributed by atoms with van der Waals surface area (Å²) in [7, 11) is 0. The lowest BCUT2D eigenvalue weighted by molar-refractivity contribution is -0.142. The molecule has 2 aliphatic heterocycles. The Kier molecular flexibility index (Phi) is 4.96. The Morgan fingerprint density at radius 3 is 2.88 bits per heavy atom. The van der Waals surface area contributed by atoms with Crippen molar-refractivity contribution < 1.29 is 28.6 Å². The molecule has 0 aliphatic carbocycles. The maximum absolute atomic E-state index is 12.4. The van der Waals surface area contributed by atoms with Gasteiger partial charge in [-0.2, -0.15) is 0 Å². The highest BCUT2D eigenvalue weighted by Crippen LogP contribution is 2.53. The van der Waals surface area contributed by atoms with Crippen molar-refractivity contribution in [2.45, 2.75) is 25.8 Å². The Balaban J connectivity index is 1.76. The summed E-state index contributed by atoms with van der Waals surface area (Å²) in [5, 5.41) is 9.04. The van der Waals surface area contributed by atoms with E-state index < -0.39 is 11.9 Å². The summed E-state index contributed by atoms with van der Waals surface area (Å²) in [6.45, 7) is 3.27. The fourth-order valence-corrected chi connectivity index (χ4v) is 5.03. The average molecular weight is 381 g/mol. The van der Waals surface area contributed by atoms with Crippen LogP contribution in [-0.4, -0.2) is 39.0 Å². The van der Waals surface area contributed by atoms with E-state index in [-0.39, 0.29) is 23.6 Å². The molecule has 3 rings (SSSR count). The molecule has 1 atom stereocenters. The number of fused-ring (bicyclic) bond motifs is 1. The fraction of sp³-hybridized carbons (Fsp3) is 0.312. The number of β-lactam (4-membered cyclic amide) rings is 1. The third kappa shape index (κ3) is 3.34. The topological polar surface area (TPSA) is 97.0 Å². The smallest absolute Gasteiger partial charge is 0.354 e. The van der Waals surface area contributed by atoms with Crippen LogP contribution < -0.4 is 0 Å². The first-order valence-corrected chi connectivity index (χ1v) is 9.33. The predicted molar refractivity (Wildman–Crippen MR) is 93.2 cm³/mol. The van der Waals surface area contributed by atoms with Gasteiger partial charge >= 0.3 is 11.9 Å². The molecule has 0 saturated carbocycles. The van der Waals surface area contributed by atoms with Gasteiger partial charge in [0.05, 0.1) is 9.81 Å². The molecule has 0 bridgehead atoms. The van der Waals surface area contributed by atoms with E-state index in [2.05, 4.69) is 0 Å². The minimum Gasteiger partial charge on any atom is -0.477 e. The molecular weight excluding hydrogens is 366 g/mol. The van der Waals surface area contributed by atoms with Gasteiger partial charge in [-0.1, -0.05) is 18.7 Å². The van der Waals surface area contributed by atoms with Crippen LogP contribution in [0.25, 0.3) is 6.08 Å². The number of hydrogen-bond acceptors (Lipinski definition) is 7. The van der Waals surface area contributed by atoms with Crippen LogP contribution in [0.1, 0.15) is 25.4 Å². The summed E-state index contributed by atoms with van der Waals surface area (Å²) in [5.41, 5.74) is 0.544. The molecule has 3 heterocycles. The van der Waals surface area contributed by atoms with Gasteiger partial charge in [0.2, 0.25) is 0 Å². The number of nitrogens with zero attached hydrogens (tertiary/aromatic N) is 1. The number of amides is 1. The second-order valence-electron chi connectivity index (χ2n) is 5.20. The van der Waals surface area contributed by atoms with E-state index >= 15 is 0 Å². The minimum absolute atomic E-state index is 0.0266. The first kappa shape index (κ1) is 17.7. The number of carboxylic acids is 1. The van der Waals surface area contributed by atoms with Crippen molar-refractivity contribution in [3.05, 3.63) is 39.2 Å². The molecule has 132 valence electrons. The van der Waals surface area contributed by atoms with Crippen LogP contribution in [0.5, 0.6) is 0 Å². The molecule has 2 aliphatic rings. The minimum atomic E-state index is -1.10. The molecule has 1 saturated heterocycles. The van der Waals surface area contributed by atoms with Crippen molar-refractivity contribution in [1.29, 1.82) is 0 Å². The normalized spacial score (nSPS) is 20.7. The molecule has 1 aromatic rings. The van der Waals surface area contributed by atoms with Gasteiger partial charge in [-0.3, -0.25) is 14.5 Å². The largest absolute Gasteiger partial charge is 0.477 e. The Labute approximate surface area is 152 Å². The van der Waals surface area contributed by atoms with E-state index in [4.69, 9.17) is 9.15 Å². The number of esters is 1. The van der Waals surface area contributed by atoms with Gasteiger partial charge in [0.15, 0.2) is 5.70 Å². The van der Waals surface area contributed by atoms with Gasteiger partial charge in [-0.25, -0.2) is 4.79 Å².